The highest BCUT2D eigenvalue weighted by Gasteiger charge is 2.17. The van der Waals surface area contributed by atoms with E-state index in [1.165, 1.54) is 0 Å². The Kier molecular flexibility index (Phi) is 3.23. The largest absolute Gasteiger partial charge is 0.310 e. The lowest BCUT2D eigenvalue weighted by molar-refractivity contribution is 0.634. The molecule has 1 N–H and O–H groups in total. The van der Waals surface area contributed by atoms with Gasteiger partial charge in [0.15, 0.2) is 5.82 Å². The van der Waals surface area contributed by atoms with Crippen LogP contribution in [0.3, 0.4) is 0 Å². The first-order valence-corrected chi connectivity index (χ1v) is 6.23. The first-order chi connectivity index (χ1) is 7.91. The third-order valence-corrected chi connectivity index (χ3v) is 3.33. The van der Waals surface area contributed by atoms with Gasteiger partial charge in [-0.3, -0.25) is 4.79 Å². The lowest BCUT2D eigenvalue weighted by Crippen LogP contribution is -2.11. The number of benzene rings is 1. The normalized spacial score (nSPS) is 13.0. The van der Waals surface area contributed by atoms with E-state index in [0.717, 1.165) is 0 Å². The van der Waals surface area contributed by atoms with E-state index < -0.39 is 5.82 Å². The van der Waals surface area contributed by atoms with Crippen molar-refractivity contribution in [3.63, 3.8) is 0 Å². The molecular formula is C11H9BrClFN2O. The van der Waals surface area contributed by atoms with E-state index in [0.29, 0.717) is 11.4 Å². The van der Waals surface area contributed by atoms with Gasteiger partial charge in [0, 0.05) is 4.83 Å². The standard InChI is InChI=1S/C11H9BrClFN2O/c1-4(12)6-3-7-10(9(14)8(6)13)15-5(2)16-11(7)17/h3-4H,1-2H3,(H,15,16,17). The Hall–Kier alpha value is -0.940. The van der Waals surface area contributed by atoms with Gasteiger partial charge in [0.05, 0.1) is 10.4 Å². The number of halogens is 3. The van der Waals surface area contributed by atoms with Crippen molar-refractivity contribution in [2.24, 2.45) is 0 Å². The maximum absolute atomic E-state index is 14.0. The SMILES string of the molecule is Cc1nc2c(F)c(Cl)c(C(C)Br)cc2c(=O)[nH]1. The lowest BCUT2D eigenvalue weighted by atomic mass is 10.1. The second-order valence-corrected chi connectivity index (χ2v) is 5.51. The minimum Gasteiger partial charge on any atom is -0.310 e. The fourth-order valence-corrected chi connectivity index (χ4v) is 2.44. The molecule has 0 bridgehead atoms. The molecule has 1 unspecified atom stereocenters. The average Bonchev–Trinajstić information content (AvgIpc) is 2.23. The average molecular weight is 320 g/mol. The van der Waals surface area contributed by atoms with Crippen molar-refractivity contribution in [2.45, 2.75) is 18.7 Å². The number of aromatic nitrogens is 2. The van der Waals surface area contributed by atoms with Crippen LogP contribution >= 0.6 is 27.5 Å². The van der Waals surface area contributed by atoms with Gasteiger partial charge in [-0.05, 0) is 25.5 Å². The molecule has 0 saturated carbocycles. The minimum atomic E-state index is -0.653. The maximum atomic E-state index is 14.0. The number of hydrogen-bond acceptors (Lipinski definition) is 2. The highest BCUT2D eigenvalue weighted by molar-refractivity contribution is 9.09. The molecule has 1 aromatic carbocycles. The molecular weight excluding hydrogens is 310 g/mol. The number of rotatable bonds is 1. The van der Waals surface area contributed by atoms with Gasteiger partial charge in [-0.15, -0.1) is 0 Å². The number of fused-ring (bicyclic) bond motifs is 1. The second kappa shape index (κ2) is 4.38. The number of nitrogens with one attached hydrogen (secondary N) is 1. The molecule has 0 aliphatic rings. The molecule has 0 amide bonds. The molecule has 3 nitrogen and oxygen atoms in total. The molecule has 0 aliphatic carbocycles. The topological polar surface area (TPSA) is 45.8 Å². The van der Waals surface area contributed by atoms with Gasteiger partial charge >= 0.3 is 0 Å². The summed E-state index contributed by atoms with van der Waals surface area (Å²) in [5.41, 5.74) is 0.179. The third kappa shape index (κ3) is 2.09. The fraction of sp³-hybridized carbons (Fsp3) is 0.273. The Morgan fingerprint density at radius 1 is 1.59 bits per heavy atom. The first-order valence-electron chi connectivity index (χ1n) is 4.94. The van der Waals surface area contributed by atoms with E-state index in [1.54, 1.807) is 13.0 Å². The van der Waals surface area contributed by atoms with Crippen LogP contribution in [-0.4, -0.2) is 9.97 Å². The van der Waals surface area contributed by atoms with Crippen molar-refractivity contribution in [1.29, 1.82) is 0 Å². The number of aromatic amines is 1. The highest BCUT2D eigenvalue weighted by atomic mass is 79.9. The smallest absolute Gasteiger partial charge is 0.258 e. The second-order valence-electron chi connectivity index (χ2n) is 3.76. The minimum absolute atomic E-state index is 0.000579. The van der Waals surface area contributed by atoms with Crippen molar-refractivity contribution in [2.75, 3.05) is 0 Å². The number of alkyl halides is 1. The van der Waals surface area contributed by atoms with Crippen molar-refractivity contribution in [3.05, 3.63) is 38.6 Å². The van der Waals surface area contributed by atoms with E-state index in [4.69, 9.17) is 11.6 Å². The Bertz CT molecular complexity index is 654. The molecule has 1 heterocycles. The molecule has 17 heavy (non-hydrogen) atoms. The van der Waals surface area contributed by atoms with Gasteiger partial charge < -0.3 is 4.98 Å². The zero-order valence-electron chi connectivity index (χ0n) is 9.14. The quantitative estimate of drug-likeness (QED) is 0.818. The molecule has 0 radical (unpaired) electrons. The Labute approximate surface area is 110 Å². The van der Waals surface area contributed by atoms with E-state index >= 15 is 0 Å². The summed E-state index contributed by atoms with van der Waals surface area (Å²) >= 11 is 9.22. The van der Waals surface area contributed by atoms with Crippen LogP contribution < -0.4 is 5.56 Å². The summed E-state index contributed by atoms with van der Waals surface area (Å²) in [6, 6.07) is 1.56. The summed E-state index contributed by atoms with van der Waals surface area (Å²) in [4.78, 5) is 18.1. The highest BCUT2D eigenvalue weighted by Crippen LogP contribution is 2.33. The lowest BCUT2D eigenvalue weighted by Gasteiger charge is -2.09. The van der Waals surface area contributed by atoms with Crippen LogP contribution in [0.15, 0.2) is 10.9 Å². The number of H-pyrrole nitrogens is 1. The molecule has 0 saturated heterocycles. The maximum Gasteiger partial charge on any atom is 0.258 e. The molecule has 0 aliphatic heterocycles. The number of hydrogen-bond donors (Lipinski definition) is 1. The van der Waals surface area contributed by atoms with Gasteiger partial charge in [0.2, 0.25) is 0 Å². The summed E-state index contributed by atoms with van der Waals surface area (Å²) in [6.07, 6.45) is 0. The van der Waals surface area contributed by atoms with Crippen molar-refractivity contribution < 1.29 is 4.39 Å². The number of aryl methyl sites for hydroxylation is 1. The molecule has 1 aromatic heterocycles. The Balaban J connectivity index is 2.96. The zero-order valence-corrected chi connectivity index (χ0v) is 11.5. The molecule has 0 spiro atoms. The van der Waals surface area contributed by atoms with Gasteiger partial charge in [-0.1, -0.05) is 27.5 Å². The molecule has 1 atom stereocenters. The predicted molar refractivity (Wildman–Crippen MR) is 69.4 cm³/mol. The van der Waals surface area contributed by atoms with E-state index in [9.17, 15) is 9.18 Å². The summed E-state index contributed by atoms with van der Waals surface area (Å²) in [5.74, 6) is -0.295. The van der Waals surface area contributed by atoms with Gasteiger partial charge in [-0.25, -0.2) is 9.37 Å². The van der Waals surface area contributed by atoms with Crippen LogP contribution in [0.4, 0.5) is 4.39 Å². The summed E-state index contributed by atoms with van der Waals surface area (Å²) in [5, 5.41) is 0.207. The fourth-order valence-electron chi connectivity index (χ4n) is 1.64. The van der Waals surface area contributed by atoms with Crippen molar-refractivity contribution in [3.8, 4) is 0 Å². The third-order valence-electron chi connectivity index (χ3n) is 2.46. The summed E-state index contributed by atoms with van der Waals surface area (Å²) in [6.45, 7) is 3.40. The van der Waals surface area contributed by atoms with Gasteiger partial charge in [-0.2, -0.15) is 0 Å². The molecule has 2 rings (SSSR count). The van der Waals surface area contributed by atoms with Crippen LogP contribution in [0.2, 0.25) is 5.02 Å². The summed E-state index contributed by atoms with van der Waals surface area (Å²) < 4.78 is 14.0. The molecule has 2 aromatic rings. The monoisotopic (exact) mass is 318 g/mol. The van der Waals surface area contributed by atoms with Crippen LogP contribution in [0, 0.1) is 12.7 Å². The predicted octanol–water partition coefficient (Wildman–Crippen LogP) is 3.48. The van der Waals surface area contributed by atoms with Gasteiger partial charge in [0.25, 0.3) is 5.56 Å². The van der Waals surface area contributed by atoms with E-state index in [-0.39, 0.29) is 26.3 Å². The molecule has 90 valence electrons. The van der Waals surface area contributed by atoms with E-state index in [1.807, 2.05) is 6.92 Å². The van der Waals surface area contributed by atoms with E-state index in [2.05, 4.69) is 25.9 Å². The zero-order chi connectivity index (χ0) is 12.7. The van der Waals surface area contributed by atoms with Crippen molar-refractivity contribution in [1.82, 2.24) is 9.97 Å². The van der Waals surface area contributed by atoms with Crippen molar-refractivity contribution >= 4 is 38.4 Å². The van der Waals surface area contributed by atoms with Gasteiger partial charge in [0.1, 0.15) is 11.3 Å². The first kappa shape index (κ1) is 12.5. The van der Waals surface area contributed by atoms with Crippen LogP contribution in [0.25, 0.3) is 10.9 Å². The summed E-state index contributed by atoms with van der Waals surface area (Å²) in [7, 11) is 0. The molecule has 6 heteroatoms. The number of nitrogens with zero attached hydrogens (tertiary/aromatic N) is 1. The van der Waals surface area contributed by atoms with Crippen LogP contribution in [-0.2, 0) is 0 Å². The Morgan fingerprint density at radius 3 is 2.82 bits per heavy atom. The van der Waals surface area contributed by atoms with Crippen LogP contribution in [0.5, 0.6) is 0 Å². The van der Waals surface area contributed by atoms with Crippen LogP contribution in [0.1, 0.15) is 23.1 Å². The Morgan fingerprint density at radius 2 is 2.24 bits per heavy atom. The molecule has 0 fully saturated rings.